The van der Waals surface area contributed by atoms with Crippen LogP contribution in [0.4, 0.5) is 0 Å². The molecule has 0 saturated carbocycles. The number of hydrogen-bond acceptors (Lipinski definition) is 3. The van der Waals surface area contributed by atoms with Gasteiger partial charge < -0.3 is 10.2 Å². The lowest BCUT2D eigenvalue weighted by Gasteiger charge is -2.09. The smallest absolute Gasteiger partial charge is 0.0534 e. The van der Waals surface area contributed by atoms with Crippen molar-refractivity contribution in [1.82, 2.24) is 20.0 Å². The van der Waals surface area contributed by atoms with Crippen molar-refractivity contribution in [3.63, 3.8) is 0 Å². The summed E-state index contributed by atoms with van der Waals surface area (Å²) in [6.07, 6.45) is 4.04. The topological polar surface area (TPSA) is 33.1 Å². The molecule has 0 aromatic carbocycles. The predicted molar refractivity (Wildman–Crippen MR) is 62.9 cm³/mol. The number of hydrogen-bond donors (Lipinski definition) is 1. The minimum atomic E-state index is 0.445. The Morgan fingerprint density at radius 3 is 2.73 bits per heavy atom. The highest BCUT2D eigenvalue weighted by Crippen LogP contribution is 2.04. The van der Waals surface area contributed by atoms with Gasteiger partial charge in [-0.2, -0.15) is 5.10 Å². The van der Waals surface area contributed by atoms with Gasteiger partial charge in [0.1, 0.15) is 0 Å². The number of likely N-dealkylation sites (N-methyl/N-ethyl adjacent to an activating group) is 1. The average molecular weight is 210 g/mol. The lowest BCUT2D eigenvalue weighted by molar-refractivity contribution is 0.400. The van der Waals surface area contributed by atoms with E-state index < -0.39 is 0 Å². The van der Waals surface area contributed by atoms with Crippen molar-refractivity contribution in [2.45, 2.75) is 26.4 Å². The fourth-order valence-corrected chi connectivity index (χ4v) is 1.29. The van der Waals surface area contributed by atoms with E-state index in [9.17, 15) is 0 Å². The van der Waals surface area contributed by atoms with E-state index in [0.717, 1.165) is 19.6 Å². The van der Waals surface area contributed by atoms with Gasteiger partial charge in [0.2, 0.25) is 0 Å². The van der Waals surface area contributed by atoms with Crippen LogP contribution in [0, 0.1) is 0 Å². The summed E-state index contributed by atoms with van der Waals surface area (Å²) in [4.78, 5) is 2.17. The average Bonchev–Trinajstić information content (AvgIpc) is 2.60. The van der Waals surface area contributed by atoms with E-state index in [0.29, 0.717) is 6.04 Å². The molecule has 0 aliphatic heterocycles. The largest absolute Gasteiger partial charge is 0.311 e. The standard InChI is InChI=1S/C11H22N4/c1-10(2)15-9-11(8-13-15)7-12-5-6-14(3)4/h8-10,12H,5-7H2,1-4H3. The highest BCUT2D eigenvalue weighted by molar-refractivity contribution is 5.03. The van der Waals surface area contributed by atoms with Crippen LogP contribution in [0.2, 0.25) is 0 Å². The van der Waals surface area contributed by atoms with Crippen molar-refractivity contribution >= 4 is 0 Å². The van der Waals surface area contributed by atoms with Gasteiger partial charge in [0.15, 0.2) is 0 Å². The first kappa shape index (κ1) is 12.2. The van der Waals surface area contributed by atoms with Crippen molar-refractivity contribution in [3.05, 3.63) is 18.0 Å². The molecule has 0 atom stereocenters. The van der Waals surface area contributed by atoms with E-state index in [1.807, 2.05) is 10.9 Å². The summed E-state index contributed by atoms with van der Waals surface area (Å²) in [5.41, 5.74) is 1.25. The Morgan fingerprint density at radius 1 is 1.47 bits per heavy atom. The van der Waals surface area contributed by atoms with Crippen molar-refractivity contribution in [3.8, 4) is 0 Å². The maximum absolute atomic E-state index is 4.30. The molecule has 15 heavy (non-hydrogen) atoms. The third-order valence-electron chi connectivity index (χ3n) is 2.25. The van der Waals surface area contributed by atoms with E-state index in [4.69, 9.17) is 0 Å². The molecule has 0 amide bonds. The van der Waals surface area contributed by atoms with Crippen molar-refractivity contribution in [1.29, 1.82) is 0 Å². The summed E-state index contributed by atoms with van der Waals surface area (Å²) < 4.78 is 1.99. The van der Waals surface area contributed by atoms with Crippen molar-refractivity contribution in [2.24, 2.45) is 0 Å². The Balaban J connectivity index is 2.26. The number of nitrogens with one attached hydrogen (secondary N) is 1. The van der Waals surface area contributed by atoms with Gasteiger partial charge in [-0.15, -0.1) is 0 Å². The summed E-state index contributed by atoms with van der Waals surface area (Å²) in [5, 5.41) is 7.69. The highest BCUT2D eigenvalue weighted by atomic mass is 15.3. The predicted octanol–water partition coefficient (Wildman–Crippen LogP) is 1.12. The quantitative estimate of drug-likeness (QED) is 0.714. The van der Waals surface area contributed by atoms with E-state index in [2.05, 4.69) is 49.5 Å². The second kappa shape index (κ2) is 5.88. The fourth-order valence-electron chi connectivity index (χ4n) is 1.29. The molecule has 0 fully saturated rings. The van der Waals surface area contributed by atoms with Crippen molar-refractivity contribution in [2.75, 3.05) is 27.2 Å². The molecule has 1 N–H and O–H groups in total. The van der Waals surface area contributed by atoms with Crippen LogP contribution in [0.25, 0.3) is 0 Å². The normalized spacial score (nSPS) is 11.6. The van der Waals surface area contributed by atoms with Crippen LogP contribution in [0.1, 0.15) is 25.5 Å². The molecule has 0 unspecified atom stereocenters. The van der Waals surface area contributed by atoms with Crippen LogP contribution in [0.15, 0.2) is 12.4 Å². The zero-order chi connectivity index (χ0) is 11.3. The second-order valence-corrected chi connectivity index (χ2v) is 4.40. The SMILES string of the molecule is CC(C)n1cc(CNCCN(C)C)cn1. The van der Waals surface area contributed by atoms with Crippen LogP contribution in [-0.2, 0) is 6.54 Å². The van der Waals surface area contributed by atoms with Crippen LogP contribution in [0.5, 0.6) is 0 Å². The molecule has 0 bridgehead atoms. The zero-order valence-electron chi connectivity index (χ0n) is 10.2. The fraction of sp³-hybridized carbons (Fsp3) is 0.727. The van der Waals surface area contributed by atoms with E-state index in [1.165, 1.54) is 5.56 Å². The van der Waals surface area contributed by atoms with E-state index in [1.54, 1.807) is 0 Å². The van der Waals surface area contributed by atoms with Gasteiger partial charge in [-0.1, -0.05) is 0 Å². The van der Waals surface area contributed by atoms with Crippen LogP contribution >= 0.6 is 0 Å². The molecule has 1 aromatic rings. The Labute approximate surface area is 92.3 Å². The molecule has 86 valence electrons. The molecular formula is C11H22N4. The highest BCUT2D eigenvalue weighted by Gasteiger charge is 2.00. The summed E-state index contributed by atoms with van der Waals surface area (Å²) >= 11 is 0. The maximum Gasteiger partial charge on any atom is 0.0534 e. The summed E-state index contributed by atoms with van der Waals surface area (Å²) in [6.45, 7) is 7.26. The first-order valence-corrected chi connectivity index (χ1v) is 5.48. The molecule has 1 heterocycles. The Hall–Kier alpha value is -0.870. The molecule has 0 saturated heterocycles. The van der Waals surface area contributed by atoms with E-state index >= 15 is 0 Å². The molecule has 4 heteroatoms. The third kappa shape index (κ3) is 4.44. The third-order valence-corrected chi connectivity index (χ3v) is 2.25. The number of nitrogens with zero attached hydrogens (tertiary/aromatic N) is 3. The van der Waals surface area contributed by atoms with Crippen LogP contribution < -0.4 is 5.32 Å². The van der Waals surface area contributed by atoms with Gasteiger partial charge in [-0.05, 0) is 27.9 Å². The first-order chi connectivity index (χ1) is 7.09. The first-order valence-electron chi connectivity index (χ1n) is 5.48. The molecule has 1 aromatic heterocycles. The minimum absolute atomic E-state index is 0.445. The molecule has 0 aliphatic rings. The Kier molecular flexibility index (Phi) is 4.78. The molecule has 0 spiro atoms. The molecule has 1 rings (SSSR count). The molecular weight excluding hydrogens is 188 g/mol. The summed E-state index contributed by atoms with van der Waals surface area (Å²) in [7, 11) is 4.16. The number of aromatic nitrogens is 2. The lowest BCUT2D eigenvalue weighted by atomic mass is 10.3. The minimum Gasteiger partial charge on any atom is -0.311 e. The number of rotatable bonds is 6. The molecule has 0 aliphatic carbocycles. The summed E-state index contributed by atoms with van der Waals surface area (Å²) in [6, 6.07) is 0.445. The van der Waals surface area contributed by atoms with Gasteiger partial charge >= 0.3 is 0 Å². The van der Waals surface area contributed by atoms with Gasteiger partial charge in [-0.3, -0.25) is 4.68 Å². The monoisotopic (exact) mass is 210 g/mol. The molecule has 4 nitrogen and oxygen atoms in total. The van der Waals surface area contributed by atoms with Crippen LogP contribution in [-0.4, -0.2) is 41.9 Å². The van der Waals surface area contributed by atoms with Gasteiger partial charge in [0.25, 0.3) is 0 Å². The van der Waals surface area contributed by atoms with E-state index in [-0.39, 0.29) is 0 Å². The second-order valence-electron chi connectivity index (χ2n) is 4.40. The zero-order valence-corrected chi connectivity index (χ0v) is 10.2. The Morgan fingerprint density at radius 2 is 2.20 bits per heavy atom. The lowest BCUT2D eigenvalue weighted by Crippen LogP contribution is -2.26. The van der Waals surface area contributed by atoms with Gasteiger partial charge in [0.05, 0.1) is 6.20 Å². The maximum atomic E-state index is 4.30. The van der Waals surface area contributed by atoms with Gasteiger partial charge in [0, 0.05) is 37.4 Å². The van der Waals surface area contributed by atoms with Crippen molar-refractivity contribution < 1.29 is 0 Å². The Bertz CT molecular complexity index is 278. The molecule has 0 radical (unpaired) electrons. The van der Waals surface area contributed by atoms with Crippen LogP contribution in [0.3, 0.4) is 0 Å². The van der Waals surface area contributed by atoms with Gasteiger partial charge in [-0.25, -0.2) is 0 Å². The summed E-state index contributed by atoms with van der Waals surface area (Å²) in [5.74, 6) is 0.